The summed E-state index contributed by atoms with van der Waals surface area (Å²) in [5.74, 6) is -0.659. The van der Waals surface area contributed by atoms with Crippen LogP contribution in [0.15, 0.2) is 35.3 Å². The van der Waals surface area contributed by atoms with Crippen molar-refractivity contribution in [3.8, 4) is 0 Å². The molecule has 1 saturated carbocycles. The molecular weight excluding hydrogens is 659 g/mol. The van der Waals surface area contributed by atoms with Gasteiger partial charge in [-0.1, -0.05) is 6.07 Å². The third-order valence-electron chi connectivity index (χ3n) is 8.68. The number of halogens is 9. The van der Waals surface area contributed by atoms with Crippen molar-refractivity contribution in [1.82, 2.24) is 21.1 Å². The highest BCUT2D eigenvalue weighted by Crippen LogP contribution is 2.39. The van der Waals surface area contributed by atoms with E-state index in [0.29, 0.717) is 49.3 Å². The zero-order valence-corrected chi connectivity index (χ0v) is 26.5. The summed E-state index contributed by atoms with van der Waals surface area (Å²) in [6.07, 6.45) is -11.7. The summed E-state index contributed by atoms with van der Waals surface area (Å²) >= 11 is 0. The predicted octanol–water partition coefficient (Wildman–Crippen LogP) is 7.39. The first-order valence-corrected chi connectivity index (χ1v) is 15.3. The van der Waals surface area contributed by atoms with Crippen LogP contribution in [0.3, 0.4) is 0 Å². The summed E-state index contributed by atoms with van der Waals surface area (Å²) in [5.41, 5.74) is 2.01. The molecule has 1 saturated heterocycles. The summed E-state index contributed by atoms with van der Waals surface area (Å²) in [5, 5.41) is 11.6. The first kappa shape index (κ1) is 37.1. The number of aryl methyl sites for hydroxylation is 1. The number of hydrazine groups is 3. The number of rotatable bonds is 10. The molecule has 1 aliphatic heterocycles. The molecule has 2 aliphatic rings. The fourth-order valence-corrected chi connectivity index (χ4v) is 6.20. The largest absolute Gasteiger partial charge is 0.481 e. The summed E-state index contributed by atoms with van der Waals surface area (Å²) < 4.78 is 123. The van der Waals surface area contributed by atoms with Gasteiger partial charge in [-0.2, -0.15) is 39.5 Å². The van der Waals surface area contributed by atoms with Crippen LogP contribution in [0.2, 0.25) is 0 Å². The number of nitrogens with zero attached hydrogens (tertiary/aromatic N) is 4. The molecule has 1 heterocycles. The van der Waals surface area contributed by atoms with Crippen molar-refractivity contribution in [2.75, 3.05) is 25.0 Å². The SMILES string of the molecule is CCN(CC1CCC(CC(=O)O)CC1)c1cc(C(F)(F)F)c(C)cc1CN=C1NNN(C)N1Cc1cc(C(F)(F)F)cc(C(F)(F)F)c1. The number of carbonyl (C=O) groups is 1. The molecule has 0 atom stereocenters. The normalized spacial score (nSPS) is 20.3. The summed E-state index contributed by atoms with van der Waals surface area (Å²) in [6, 6.07) is 3.73. The Balaban J connectivity index is 1.63. The van der Waals surface area contributed by atoms with E-state index >= 15 is 0 Å². The minimum Gasteiger partial charge on any atom is -0.481 e. The van der Waals surface area contributed by atoms with Crippen LogP contribution in [0.25, 0.3) is 0 Å². The highest BCUT2D eigenvalue weighted by atomic mass is 19.4. The molecule has 8 nitrogen and oxygen atoms in total. The highest BCUT2D eigenvalue weighted by Gasteiger charge is 2.38. The number of nitrogens with one attached hydrogen (secondary N) is 2. The number of carboxylic acids is 1. The van der Waals surface area contributed by atoms with Gasteiger partial charge >= 0.3 is 24.5 Å². The maximum atomic E-state index is 14.0. The van der Waals surface area contributed by atoms with Crippen LogP contribution in [0.4, 0.5) is 45.2 Å². The number of guanidine groups is 1. The molecule has 17 heteroatoms. The van der Waals surface area contributed by atoms with Gasteiger partial charge in [-0.25, -0.2) is 4.99 Å². The molecule has 2 fully saturated rings. The Hall–Kier alpha value is -3.73. The zero-order valence-electron chi connectivity index (χ0n) is 26.5. The van der Waals surface area contributed by atoms with Gasteiger partial charge in [0.25, 0.3) is 0 Å². The fraction of sp³-hybridized carbons (Fsp3) is 0.548. The Kier molecular flexibility index (Phi) is 11.1. The Bertz CT molecular complexity index is 1450. The lowest BCUT2D eigenvalue weighted by atomic mass is 9.80. The quantitative estimate of drug-likeness (QED) is 0.224. The molecule has 0 amide bonds. The Morgan fingerprint density at radius 2 is 1.50 bits per heavy atom. The van der Waals surface area contributed by atoms with E-state index in [1.54, 1.807) is 0 Å². The topological polar surface area (TPSA) is 83.4 Å². The van der Waals surface area contributed by atoms with Crippen LogP contribution < -0.4 is 15.9 Å². The van der Waals surface area contributed by atoms with Gasteiger partial charge in [-0.15, -0.1) is 10.7 Å². The Morgan fingerprint density at radius 3 is 2.02 bits per heavy atom. The Morgan fingerprint density at radius 1 is 0.917 bits per heavy atom. The second-order valence-electron chi connectivity index (χ2n) is 12.2. The van der Waals surface area contributed by atoms with Crippen molar-refractivity contribution >= 4 is 17.6 Å². The van der Waals surface area contributed by atoms with Crippen LogP contribution in [0, 0.1) is 18.8 Å². The van der Waals surface area contributed by atoms with E-state index < -0.39 is 47.7 Å². The van der Waals surface area contributed by atoms with E-state index in [1.165, 1.54) is 30.2 Å². The lowest BCUT2D eigenvalue weighted by Crippen LogP contribution is -2.39. The van der Waals surface area contributed by atoms with E-state index in [1.807, 2.05) is 11.8 Å². The second-order valence-corrected chi connectivity index (χ2v) is 12.2. The third-order valence-corrected chi connectivity index (χ3v) is 8.68. The van der Waals surface area contributed by atoms with Crippen molar-refractivity contribution in [1.29, 1.82) is 0 Å². The lowest BCUT2D eigenvalue weighted by Gasteiger charge is -2.34. The molecular formula is C31H37F9N6O2. The Labute approximate surface area is 271 Å². The van der Waals surface area contributed by atoms with Gasteiger partial charge in [0.15, 0.2) is 0 Å². The molecule has 1 aliphatic carbocycles. The van der Waals surface area contributed by atoms with E-state index in [4.69, 9.17) is 5.11 Å². The average Bonchev–Trinajstić information content (AvgIpc) is 3.32. The molecule has 48 heavy (non-hydrogen) atoms. The lowest BCUT2D eigenvalue weighted by molar-refractivity contribution is -0.143. The molecule has 0 radical (unpaired) electrons. The zero-order chi connectivity index (χ0) is 35.6. The van der Waals surface area contributed by atoms with Crippen LogP contribution in [-0.2, 0) is 36.4 Å². The van der Waals surface area contributed by atoms with E-state index in [9.17, 15) is 44.3 Å². The van der Waals surface area contributed by atoms with Gasteiger partial charge < -0.3 is 10.0 Å². The van der Waals surface area contributed by atoms with Crippen LogP contribution in [0.1, 0.15) is 72.4 Å². The number of hydrogen-bond donors (Lipinski definition) is 3. The third kappa shape index (κ3) is 9.24. The van der Waals surface area contributed by atoms with E-state index in [-0.39, 0.29) is 48.0 Å². The average molecular weight is 697 g/mol. The van der Waals surface area contributed by atoms with Crippen molar-refractivity contribution in [2.45, 2.75) is 77.6 Å². The van der Waals surface area contributed by atoms with E-state index in [2.05, 4.69) is 16.0 Å². The smallest absolute Gasteiger partial charge is 0.416 e. The maximum Gasteiger partial charge on any atom is 0.416 e. The molecule has 266 valence electrons. The first-order chi connectivity index (χ1) is 22.3. The molecule has 4 rings (SSSR count). The van der Waals surface area contributed by atoms with Crippen molar-refractivity contribution in [2.24, 2.45) is 16.8 Å². The molecule has 2 aromatic carbocycles. The number of hydrogen-bond acceptors (Lipinski definition) is 5. The second kappa shape index (κ2) is 14.4. The number of aliphatic imine (C=N–C) groups is 1. The maximum absolute atomic E-state index is 14.0. The number of benzene rings is 2. The minimum absolute atomic E-state index is 0.0202. The predicted molar refractivity (Wildman–Crippen MR) is 159 cm³/mol. The van der Waals surface area contributed by atoms with Gasteiger partial charge in [-0.3, -0.25) is 15.2 Å². The minimum atomic E-state index is -5.03. The molecule has 0 bridgehead atoms. The highest BCUT2D eigenvalue weighted by molar-refractivity contribution is 5.80. The summed E-state index contributed by atoms with van der Waals surface area (Å²) in [4.78, 5) is 17.4. The molecule has 0 unspecified atom stereocenters. The first-order valence-electron chi connectivity index (χ1n) is 15.3. The number of aliphatic carboxylic acids is 1. The number of carboxylic acid groups (broad SMARTS) is 1. The van der Waals surface area contributed by atoms with E-state index in [0.717, 1.165) is 18.9 Å². The summed E-state index contributed by atoms with van der Waals surface area (Å²) in [7, 11) is 1.45. The van der Waals surface area contributed by atoms with Crippen LogP contribution in [-0.4, -0.2) is 47.3 Å². The fourth-order valence-electron chi connectivity index (χ4n) is 6.20. The van der Waals surface area contributed by atoms with Gasteiger partial charge in [0.1, 0.15) is 0 Å². The monoisotopic (exact) mass is 696 g/mol. The molecule has 2 aromatic rings. The van der Waals surface area contributed by atoms with Crippen molar-refractivity contribution in [3.05, 3.63) is 63.7 Å². The van der Waals surface area contributed by atoms with Crippen LogP contribution >= 0.6 is 0 Å². The standard InChI is InChI=1S/C31H37F9N6O2/c1-4-45(16-20-7-5-19(6-8-20)12-27(47)48)26-14-25(31(38,39)40)18(2)9-22(26)15-41-28-42-43-44(3)46(28)17-21-10-23(29(32,33)34)13-24(11-21)30(35,36)37/h9-11,13-14,19-20,43H,4-8,12,15-17H2,1-3H3,(H,41,42)(H,47,48). The van der Waals surface area contributed by atoms with Gasteiger partial charge in [0.05, 0.1) is 29.8 Å². The van der Waals surface area contributed by atoms with Crippen molar-refractivity contribution in [3.63, 3.8) is 0 Å². The number of anilines is 1. The molecule has 0 aromatic heterocycles. The van der Waals surface area contributed by atoms with Gasteiger partial charge in [0, 0.05) is 32.2 Å². The van der Waals surface area contributed by atoms with Crippen molar-refractivity contribution < 1.29 is 49.4 Å². The van der Waals surface area contributed by atoms with Crippen LogP contribution in [0.5, 0.6) is 0 Å². The summed E-state index contributed by atoms with van der Waals surface area (Å²) in [6.45, 7) is 3.32. The van der Waals surface area contributed by atoms with Gasteiger partial charge in [-0.05, 0) is 92.3 Å². The molecule has 0 spiro atoms. The molecule has 3 N–H and O–H groups in total. The van der Waals surface area contributed by atoms with Gasteiger partial charge in [0.2, 0.25) is 5.96 Å². The number of alkyl halides is 9.